The van der Waals surface area contributed by atoms with Crippen LogP contribution in [0.3, 0.4) is 0 Å². The molecule has 1 aliphatic carbocycles. The minimum Gasteiger partial charge on any atom is -0.464 e. The molecule has 78 valence electrons. The van der Waals surface area contributed by atoms with Crippen molar-refractivity contribution in [3.05, 3.63) is 16.4 Å². The van der Waals surface area contributed by atoms with Crippen molar-refractivity contribution in [2.75, 3.05) is 7.11 Å². The van der Waals surface area contributed by atoms with Gasteiger partial charge in [-0.3, -0.25) is 0 Å². The van der Waals surface area contributed by atoms with Gasteiger partial charge in [0.2, 0.25) is 0 Å². The van der Waals surface area contributed by atoms with Crippen LogP contribution in [0.1, 0.15) is 23.3 Å². The standard InChI is InChI=1S/C9H8BrN3O2/c1-15-8(14)6-4-7(10)12-13(6)9(5-11)2-3-9/h4H,2-3H2,1H3. The van der Waals surface area contributed by atoms with E-state index in [-0.39, 0.29) is 0 Å². The molecule has 0 aliphatic heterocycles. The zero-order valence-electron chi connectivity index (χ0n) is 8.03. The van der Waals surface area contributed by atoms with Crippen molar-refractivity contribution in [2.24, 2.45) is 0 Å². The predicted octanol–water partition coefficient (Wildman–Crippen LogP) is 1.44. The Labute approximate surface area is 94.8 Å². The highest BCUT2D eigenvalue weighted by Crippen LogP contribution is 2.43. The van der Waals surface area contributed by atoms with E-state index in [1.165, 1.54) is 11.8 Å². The molecule has 1 aromatic rings. The maximum absolute atomic E-state index is 11.4. The van der Waals surface area contributed by atoms with Crippen LogP contribution in [0, 0.1) is 11.3 Å². The Hall–Kier alpha value is -1.35. The summed E-state index contributed by atoms with van der Waals surface area (Å²) in [4.78, 5) is 11.4. The van der Waals surface area contributed by atoms with E-state index in [0.29, 0.717) is 10.3 Å². The Morgan fingerprint density at radius 2 is 2.47 bits per heavy atom. The number of hydrogen-bond donors (Lipinski definition) is 0. The topological polar surface area (TPSA) is 67.9 Å². The lowest BCUT2D eigenvalue weighted by atomic mass is 10.3. The fourth-order valence-electron chi connectivity index (χ4n) is 1.42. The number of nitriles is 1. The SMILES string of the molecule is COC(=O)c1cc(Br)nn1C1(C#N)CC1. The molecule has 2 rings (SSSR count). The number of carbonyl (C=O) groups is 1. The van der Waals surface area contributed by atoms with Crippen LogP contribution in [0.15, 0.2) is 10.7 Å². The van der Waals surface area contributed by atoms with Crippen LogP contribution in [0.4, 0.5) is 0 Å². The van der Waals surface area contributed by atoms with Crippen molar-refractivity contribution in [3.8, 4) is 6.07 Å². The first kappa shape index (κ1) is 10.2. The molecule has 0 amide bonds. The number of ether oxygens (including phenoxy) is 1. The molecule has 0 atom stereocenters. The number of halogens is 1. The first-order valence-electron chi connectivity index (χ1n) is 4.38. The van der Waals surface area contributed by atoms with Gasteiger partial charge in [-0.25, -0.2) is 9.48 Å². The molecule has 1 aliphatic rings. The van der Waals surface area contributed by atoms with Crippen LogP contribution < -0.4 is 0 Å². The summed E-state index contributed by atoms with van der Waals surface area (Å²) in [5, 5.41) is 13.1. The third-order valence-corrected chi connectivity index (χ3v) is 2.80. The van der Waals surface area contributed by atoms with Gasteiger partial charge in [0.15, 0.2) is 0 Å². The third-order valence-electron chi connectivity index (χ3n) is 2.41. The molecule has 0 aromatic carbocycles. The van der Waals surface area contributed by atoms with E-state index in [1.807, 2.05) is 0 Å². The van der Waals surface area contributed by atoms with Crippen LogP contribution >= 0.6 is 15.9 Å². The van der Waals surface area contributed by atoms with Crippen molar-refractivity contribution in [1.29, 1.82) is 5.26 Å². The van der Waals surface area contributed by atoms with Crippen molar-refractivity contribution in [2.45, 2.75) is 18.4 Å². The van der Waals surface area contributed by atoms with Crippen LogP contribution in [-0.4, -0.2) is 22.9 Å². The average Bonchev–Trinajstić information content (AvgIpc) is 2.95. The van der Waals surface area contributed by atoms with Crippen LogP contribution in [0.5, 0.6) is 0 Å². The molecule has 1 aromatic heterocycles. The van der Waals surface area contributed by atoms with Crippen molar-refractivity contribution >= 4 is 21.9 Å². The quantitative estimate of drug-likeness (QED) is 0.762. The largest absolute Gasteiger partial charge is 0.464 e. The van der Waals surface area contributed by atoms with E-state index in [2.05, 4.69) is 31.8 Å². The number of esters is 1. The second-order valence-electron chi connectivity index (χ2n) is 3.40. The van der Waals surface area contributed by atoms with Gasteiger partial charge in [-0.2, -0.15) is 10.4 Å². The van der Waals surface area contributed by atoms with E-state index in [1.54, 1.807) is 6.07 Å². The number of nitrogens with zero attached hydrogens (tertiary/aromatic N) is 3. The van der Waals surface area contributed by atoms with E-state index in [4.69, 9.17) is 5.26 Å². The third kappa shape index (κ3) is 1.53. The van der Waals surface area contributed by atoms with Gasteiger partial charge in [0.05, 0.1) is 13.2 Å². The molecular formula is C9H8BrN3O2. The molecule has 0 saturated heterocycles. The van der Waals surface area contributed by atoms with E-state index >= 15 is 0 Å². The van der Waals surface area contributed by atoms with Gasteiger partial charge < -0.3 is 4.74 Å². The highest BCUT2D eigenvalue weighted by Gasteiger charge is 2.48. The van der Waals surface area contributed by atoms with Crippen LogP contribution in [0.25, 0.3) is 0 Å². The molecule has 1 heterocycles. The summed E-state index contributed by atoms with van der Waals surface area (Å²) in [6, 6.07) is 3.73. The minimum atomic E-state index is -0.643. The lowest BCUT2D eigenvalue weighted by Crippen LogP contribution is -2.22. The maximum Gasteiger partial charge on any atom is 0.356 e. The van der Waals surface area contributed by atoms with Gasteiger partial charge in [0, 0.05) is 6.07 Å². The van der Waals surface area contributed by atoms with Gasteiger partial charge in [0.25, 0.3) is 0 Å². The number of carbonyl (C=O) groups excluding carboxylic acids is 1. The summed E-state index contributed by atoms with van der Waals surface area (Å²) in [7, 11) is 1.31. The molecule has 0 radical (unpaired) electrons. The number of methoxy groups -OCH3 is 1. The predicted molar refractivity (Wildman–Crippen MR) is 54.1 cm³/mol. The Kier molecular flexibility index (Phi) is 2.27. The van der Waals surface area contributed by atoms with Gasteiger partial charge in [-0.15, -0.1) is 0 Å². The summed E-state index contributed by atoms with van der Waals surface area (Å²) < 4.78 is 6.61. The molecular weight excluding hydrogens is 262 g/mol. The number of aromatic nitrogens is 2. The average molecular weight is 270 g/mol. The fourth-order valence-corrected chi connectivity index (χ4v) is 1.79. The molecule has 0 N–H and O–H groups in total. The van der Waals surface area contributed by atoms with Gasteiger partial charge >= 0.3 is 5.97 Å². The van der Waals surface area contributed by atoms with Crippen LogP contribution in [-0.2, 0) is 10.3 Å². The first-order valence-corrected chi connectivity index (χ1v) is 5.18. The lowest BCUT2D eigenvalue weighted by Gasteiger charge is -2.09. The van der Waals surface area contributed by atoms with E-state index in [9.17, 15) is 4.79 Å². The normalized spacial score (nSPS) is 16.9. The maximum atomic E-state index is 11.4. The second kappa shape index (κ2) is 3.35. The lowest BCUT2D eigenvalue weighted by molar-refractivity contribution is 0.0584. The van der Waals surface area contributed by atoms with Gasteiger partial charge in [-0.1, -0.05) is 0 Å². The molecule has 1 saturated carbocycles. The Morgan fingerprint density at radius 3 is 2.93 bits per heavy atom. The first-order chi connectivity index (χ1) is 7.13. The molecule has 0 unspecified atom stereocenters. The number of hydrogen-bond acceptors (Lipinski definition) is 4. The monoisotopic (exact) mass is 269 g/mol. The summed E-state index contributed by atoms with van der Waals surface area (Å²) in [6.07, 6.45) is 1.45. The van der Waals surface area contributed by atoms with Gasteiger partial charge in [-0.05, 0) is 28.8 Å². The van der Waals surface area contributed by atoms with E-state index < -0.39 is 11.5 Å². The Bertz CT molecular complexity index is 456. The summed E-state index contributed by atoms with van der Waals surface area (Å²) >= 11 is 3.18. The fraction of sp³-hybridized carbons (Fsp3) is 0.444. The summed E-state index contributed by atoms with van der Waals surface area (Å²) in [6.45, 7) is 0. The highest BCUT2D eigenvalue weighted by molar-refractivity contribution is 9.10. The zero-order valence-corrected chi connectivity index (χ0v) is 9.61. The van der Waals surface area contributed by atoms with E-state index in [0.717, 1.165) is 12.8 Å². The van der Waals surface area contributed by atoms with Gasteiger partial charge in [0.1, 0.15) is 15.8 Å². The van der Waals surface area contributed by atoms with Crippen molar-refractivity contribution < 1.29 is 9.53 Å². The number of rotatable bonds is 2. The van der Waals surface area contributed by atoms with Crippen molar-refractivity contribution in [1.82, 2.24) is 9.78 Å². The molecule has 5 nitrogen and oxygen atoms in total. The molecule has 0 bridgehead atoms. The highest BCUT2D eigenvalue weighted by atomic mass is 79.9. The Balaban J connectivity index is 2.48. The smallest absolute Gasteiger partial charge is 0.356 e. The summed E-state index contributed by atoms with van der Waals surface area (Å²) in [5.41, 5.74) is -0.335. The van der Waals surface area contributed by atoms with Crippen LogP contribution in [0.2, 0.25) is 0 Å². The molecule has 1 fully saturated rings. The van der Waals surface area contributed by atoms with Crippen molar-refractivity contribution in [3.63, 3.8) is 0 Å². The Morgan fingerprint density at radius 1 is 1.80 bits per heavy atom. The summed E-state index contributed by atoms with van der Waals surface area (Å²) in [5.74, 6) is -0.477. The molecule has 0 spiro atoms. The minimum absolute atomic E-state index is 0.309. The molecule has 6 heteroatoms. The zero-order chi connectivity index (χ0) is 11.1. The molecule has 15 heavy (non-hydrogen) atoms. The second-order valence-corrected chi connectivity index (χ2v) is 4.21.